The lowest BCUT2D eigenvalue weighted by atomic mass is 9.78. The second-order valence-corrected chi connectivity index (χ2v) is 7.48. The summed E-state index contributed by atoms with van der Waals surface area (Å²) in [7, 11) is 2.83. The zero-order chi connectivity index (χ0) is 20.6. The molecule has 3 aliphatic rings. The largest absolute Gasteiger partial charge is 0.469 e. The Labute approximate surface area is 162 Å². The van der Waals surface area contributed by atoms with Crippen molar-refractivity contribution in [2.75, 3.05) is 14.2 Å². The van der Waals surface area contributed by atoms with Gasteiger partial charge < -0.3 is 24.3 Å². The van der Waals surface area contributed by atoms with Crippen molar-refractivity contribution in [2.24, 2.45) is 23.7 Å². The van der Waals surface area contributed by atoms with Gasteiger partial charge in [0, 0.05) is 25.3 Å². The molecule has 0 aromatic carbocycles. The van der Waals surface area contributed by atoms with E-state index >= 15 is 0 Å². The molecule has 9 heteroatoms. The number of hydrogen-bond acceptors (Lipinski definition) is 9. The Morgan fingerprint density at radius 3 is 2.68 bits per heavy atom. The Morgan fingerprint density at radius 2 is 2.04 bits per heavy atom. The van der Waals surface area contributed by atoms with Gasteiger partial charge in [0.2, 0.25) is 0 Å². The molecule has 0 spiro atoms. The summed E-state index contributed by atoms with van der Waals surface area (Å²) in [6, 6.07) is 0. The molecule has 28 heavy (non-hydrogen) atoms. The van der Waals surface area contributed by atoms with E-state index in [0.717, 1.165) is 0 Å². The van der Waals surface area contributed by atoms with E-state index in [1.807, 2.05) is 0 Å². The van der Waals surface area contributed by atoms with E-state index in [4.69, 9.17) is 18.9 Å². The molecule has 2 saturated carbocycles. The fourth-order valence-corrected chi connectivity index (χ4v) is 4.55. The van der Waals surface area contributed by atoms with Gasteiger partial charge in [-0.05, 0) is 19.8 Å². The molecule has 3 fully saturated rings. The summed E-state index contributed by atoms with van der Waals surface area (Å²) < 4.78 is 21.0. The summed E-state index contributed by atoms with van der Waals surface area (Å²) in [5.74, 6) is -3.50. The van der Waals surface area contributed by atoms with Crippen molar-refractivity contribution in [3.63, 3.8) is 0 Å². The van der Waals surface area contributed by atoms with Crippen LogP contribution in [0.3, 0.4) is 0 Å². The van der Waals surface area contributed by atoms with Crippen LogP contribution in [-0.2, 0) is 38.1 Å². The number of likely N-dealkylation sites (N-methyl/N-ethyl adjacent to an activating group) is 1. The number of fused-ring (bicyclic) bond motifs is 1. The first kappa shape index (κ1) is 20.2. The van der Waals surface area contributed by atoms with Gasteiger partial charge in [-0.3, -0.25) is 14.4 Å². The molecule has 0 aromatic rings. The Hall–Kier alpha value is -2.58. The van der Waals surface area contributed by atoms with E-state index in [1.54, 1.807) is 14.0 Å². The normalized spacial score (nSPS) is 33.0. The number of ether oxygens (including phenoxy) is 4. The summed E-state index contributed by atoms with van der Waals surface area (Å²) >= 11 is 0. The highest BCUT2D eigenvalue weighted by atomic mass is 16.6. The Morgan fingerprint density at radius 1 is 1.32 bits per heavy atom. The predicted octanol–water partition coefficient (Wildman–Crippen LogP) is 0.324. The summed E-state index contributed by atoms with van der Waals surface area (Å²) in [5.41, 5.74) is 0.128. The van der Waals surface area contributed by atoms with Gasteiger partial charge in [0.1, 0.15) is 17.9 Å². The molecule has 2 aliphatic carbocycles. The molecule has 9 nitrogen and oxygen atoms in total. The third kappa shape index (κ3) is 3.45. The van der Waals surface area contributed by atoms with Crippen LogP contribution < -0.4 is 5.32 Å². The number of hydrogen-bond donors (Lipinski definition) is 1. The number of nitrogens with one attached hydrogen (secondary N) is 1. The highest BCUT2D eigenvalue weighted by molar-refractivity contribution is 5.87. The van der Waals surface area contributed by atoms with Crippen LogP contribution in [0.5, 0.6) is 0 Å². The third-order valence-corrected chi connectivity index (χ3v) is 5.90. The van der Waals surface area contributed by atoms with Crippen LogP contribution in [0.15, 0.2) is 12.3 Å². The molecule has 0 amide bonds. The predicted molar refractivity (Wildman–Crippen MR) is 93.3 cm³/mol. The SMILES string of the molecule is C=C(NC)C(=O)OC(C)CCC(=O)OC1C2CC3C1OC(=O)C3C2C(=O)OC. The minimum Gasteiger partial charge on any atom is -0.469 e. The molecular weight excluding hydrogens is 370 g/mol. The monoisotopic (exact) mass is 395 g/mol. The Kier molecular flexibility index (Phi) is 5.62. The van der Waals surface area contributed by atoms with Gasteiger partial charge in [-0.1, -0.05) is 6.58 Å². The van der Waals surface area contributed by atoms with E-state index in [1.165, 1.54) is 7.11 Å². The van der Waals surface area contributed by atoms with E-state index < -0.39 is 54.0 Å². The average Bonchev–Trinajstić information content (AvgIpc) is 3.28. The summed E-state index contributed by atoms with van der Waals surface area (Å²) in [6.07, 6.45) is -0.745. The first-order chi connectivity index (χ1) is 13.3. The lowest BCUT2D eigenvalue weighted by Gasteiger charge is -2.30. The summed E-state index contributed by atoms with van der Waals surface area (Å²) in [4.78, 5) is 48.2. The molecule has 7 atom stereocenters. The van der Waals surface area contributed by atoms with Crippen molar-refractivity contribution in [1.29, 1.82) is 0 Å². The molecule has 1 N–H and O–H groups in total. The second kappa shape index (κ2) is 7.81. The van der Waals surface area contributed by atoms with Crippen molar-refractivity contribution in [3.05, 3.63) is 12.3 Å². The van der Waals surface area contributed by atoms with Crippen molar-refractivity contribution >= 4 is 23.9 Å². The quantitative estimate of drug-likeness (QED) is 0.352. The Bertz CT molecular complexity index is 704. The molecule has 1 aliphatic heterocycles. The van der Waals surface area contributed by atoms with Crippen LogP contribution >= 0.6 is 0 Å². The average molecular weight is 395 g/mol. The van der Waals surface area contributed by atoms with Crippen molar-refractivity contribution in [1.82, 2.24) is 5.32 Å². The second-order valence-electron chi connectivity index (χ2n) is 7.48. The third-order valence-electron chi connectivity index (χ3n) is 5.90. The highest BCUT2D eigenvalue weighted by Gasteiger charge is 2.70. The molecule has 1 heterocycles. The van der Waals surface area contributed by atoms with Gasteiger partial charge in [-0.25, -0.2) is 4.79 Å². The van der Waals surface area contributed by atoms with Crippen LogP contribution in [0.25, 0.3) is 0 Å². The van der Waals surface area contributed by atoms with Gasteiger partial charge in [0.05, 0.1) is 25.0 Å². The molecule has 1 saturated heterocycles. The standard InChI is InChI=1S/C19H25NO8/c1-8(26-17(22)9(2)20-3)5-6-12(21)27-15-10-7-11-14(13(10)18(23)25-4)19(24)28-16(11)15/h8,10-11,13-16,20H,2,5-7H2,1,3-4H3. The maximum Gasteiger partial charge on any atom is 0.354 e. The number of methoxy groups -OCH3 is 1. The molecule has 7 unspecified atom stereocenters. The fourth-order valence-electron chi connectivity index (χ4n) is 4.55. The maximum atomic E-state index is 12.3. The van der Waals surface area contributed by atoms with Crippen LogP contribution in [0.1, 0.15) is 26.2 Å². The first-order valence-corrected chi connectivity index (χ1v) is 9.33. The van der Waals surface area contributed by atoms with Crippen molar-refractivity contribution in [2.45, 2.75) is 44.5 Å². The first-order valence-electron chi connectivity index (χ1n) is 9.33. The molecule has 154 valence electrons. The molecule has 3 rings (SSSR count). The number of carbonyl (C=O) groups is 4. The van der Waals surface area contributed by atoms with Gasteiger partial charge in [0.15, 0.2) is 0 Å². The molecular formula is C19H25NO8. The van der Waals surface area contributed by atoms with E-state index in [2.05, 4.69) is 11.9 Å². The van der Waals surface area contributed by atoms with E-state index in [0.29, 0.717) is 6.42 Å². The lowest BCUT2D eigenvalue weighted by Crippen LogP contribution is -2.43. The van der Waals surface area contributed by atoms with Crippen LogP contribution in [0.4, 0.5) is 0 Å². The smallest absolute Gasteiger partial charge is 0.354 e. The van der Waals surface area contributed by atoms with Gasteiger partial charge in [0.25, 0.3) is 0 Å². The van der Waals surface area contributed by atoms with E-state index in [-0.39, 0.29) is 30.4 Å². The molecule has 0 radical (unpaired) electrons. The number of rotatable bonds is 8. The van der Waals surface area contributed by atoms with Crippen LogP contribution in [0, 0.1) is 23.7 Å². The minimum atomic E-state index is -0.647. The van der Waals surface area contributed by atoms with Crippen LogP contribution in [-0.4, -0.2) is 56.3 Å². The Balaban J connectivity index is 1.55. The molecule has 2 bridgehead atoms. The van der Waals surface area contributed by atoms with Crippen molar-refractivity contribution in [3.8, 4) is 0 Å². The number of esters is 4. The summed E-state index contributed by atoms with van der Waals surface area (Å²) in [6.45, 7) is 5.18. The van der Waals surface area contributed by atoms with Gasteiger partial charge in [-0.2, -0.15) is 0 Å². The lowest BCUT2D eigenvalue weighted by molar-refractivity contribution is -0.165. The van der Waals surface area contributed by atoms with Crippen LogP contribution in [0.2, 0.25) is 0 Å². The van der Waals surface area contributed by atoms with Gasteiger partial charge in [-0.15, -0.1) is 0 Å². The topological polar surface area (TPSA) is 117 Å². The van der Waals surface area contributed by atoms with Gasteiger partial charge >= 0.3 is 23.9 Å². The zero-order valence-electron chi connectivity index (χ0n) is 16.1. The van der Waals surface area contributed by atoms with Crippen molar-refractivity contribution < 1.29 is 38.1 Å². The maximum absolute atomic E-state index is 12.3. The summed E-state index contributed by atoms with van der Waals surface area (Å²) in [5, 5.41) is 2.60. The van der Waals surface area contributed by atoms with E-state index in [9.17, 15) is 19.2 Å². The molecule has 0 aromatic heterocycles. The number of carbonyl (C=O) groups excluding carboxylic acids is 4. The minimum absolute atomic E-state index is 0.0291. The highest BCUT2D eigenvalue weighted by Crippen LogP contribution is 2.58. The zero-order valence-corrected chi connectivity index (χ0v) is 16.1. The fraction of sp³-hybridized carbons (Fsp3) is 0.684.